The predicted molar refractivity (Wildman–Crippen MR) is 84.2 cm³/mol. The van der Waals surface area contributed by atoms with Gasteiger partial charge in [0, 0.05) is 15.8 Å². The normalized spacial score (nSPS) is 10.4. The average molecular weight is 388 g/mol. The fourth-order valence-corrected chi connectivity index (χ4v) is 2.79. The molecule has 0 aliphatic carbocycles. The number of thioether (sulfide) groups is 1. The molecule has 1 aromatic heterocycles. The number of carbonyl (C=O) groups is 1. The monoisotopic (exact) mass is 388 g/mol. The smallest absolute Gasteiger partial charge is 0.234 e. The van der Waals surface area contributed by atoms with Crippen LogP contribution >= 0.6 is 34.4 Å². The maximum Gasteiger partial charge on any atom is 0.234 e. The highest BCUT2D eigenvalue weighted by Crippen LogP contribution is 2.16. The summed E-state index contributed by atoms with van der Waals surface area (Å²) < 4.78 is 3.00. The van der Waals surface area contributed by atoms with Crippen molar-refractivity contribution in [2.45, 2.75) is 18.6 Å². The molecule has 5 nitrogen and oxygen atoms in total. The SMILES string of the molecule is CCn1cnnc1SCC(=O)Nc1cccc(I)c1. The summed E-state index contributed by atoms with van der Waals surface area (Å²) in [6.45, 7) is 2.81. The lowest BCUT2D eigenvalue weighted by molar-refractivity contribution is -0.113. The second-order valence-corrected chi connectivity index (χ2v) is 5.93. The summed E-state index contributed by atoms with van der Waals surface area (Å²) in [7, 11) is 0. The molecular formula is C12H13IN4OS. The Morgan fingerprint density at radius 2 is 2.37 bits per heavy atom. The second-order valence-electron chi connectivity index (χ2n) is 3.75. The molecular weight excluding hydrogens is 375 g/mol. The maximum absolute atomic E-state index is 11.8. The Morgan fingerprint density at radius 3 is 3.11 bits per heavy atom. The van der Waals surface area contributed by atoms with Gasteiger partial charge in [0.15, 0.2) is 5.16 Å². The number of halogens is 1. The number of hydrogen-bond donors (Lipinski definition) is 1. The molecule has 2 rings (SSSR count). The minimum atomic E-state index is -0.0438. The van der Waals surface area contributed by atoms with Crippen LogP contribution < -0.4 is 5.32 Å². The van der Waals surface area contributed by atoms with E-state index in [2.05, 4.69) is 38.1 Å². The fraction of sp³-hybridized carbons (Fsp3) is 0.250. The van der Waals surface area contributed by atoms with E-state index in [0.717, 1.165) is 21.0 Å². The van der Waals surface area contributed by atoms with Gasteiger partial charge < -0.3 is 9.88 Å². The lowest BCUT2D eigenvalue weighted by Crippen LogP contribution is -2.14. The summed E-state index contributed by atoms with van der Waals surface area (Å²) in [5, 5.41) is 11.4. The zero-order valence-corrected chi connectivity index (χ0v) is 13.3. The third-order valence-electron chi connectivity index (χ3n) is 2.36. The number of aromatic nitrogens is 3. The van der Waals surface area contributed by atoms with Crippen molar-refractivity contribution in [1.29, 1.82) is 0 Å². The van der Waals surface area contributed by atoms with Crippen molar-refractivity contribution in [3.05, 3.63) is 34.2 Å². The number of aryl methyl sites for hydroxylation is 1. The minimum Gasteiger partial charge on any atom is -0.325 e. The number of nitrogens with one attached hydrogen (secondary N) is 1. The van der Waals surface area contributed by atoms with Crippen LogP contribution in [0.5, 0.6) is 0 Å². The molecule has 0 radical (unpaired) electrons. The number of hydrogen-bond acceptors (Lipinski definition) is 4. The number of amides is 1. The van der Waals surface area contributed by atoms with Crippen molar-refractivity contribution >= 4 is 45.9 Å². The molecule has 100 valence electrons. The summed E-state index contributed by atoms with van der Waals surface area (Å²) in [5.41, 5.74) is 0.814. The van der Waals surface area contributed by atoms with Crippen molar-refractivity contribution in [3.63, 3.8) is 0 Å². The molecule has 0 saturated carbocycles. The molecule has 2 aromatic rings. The van der Waals surface area contributed by atoms with E-state index < -0.39 is 0 Å². The van der Waals surface area contributed by atoms with Crippen LogP contribution in [-0.4, -0.2) is 26.4 Å². The van der Waals surface area contributed by atoms with Crippen molar-refractivity contribution in [3.8, 4) is 0 Å². The summed E-state index contributed by atoms with van der Waals surface area (Å²) in [5.74, 6) is 0.280. The molecule has 0 aliphatic heterocycles. The first-order valence-electron chi connectivity index (χ1n) is 5.75. The molecule has 1 amide bonds. The molecule has 0 unspecified atom stereocenters. The lowest BCUT2D eigenvalue weighted by atomic mass is 10.3. The molecule has 0 saturated heterocycles. The first kappa shape index (κ1) is 14.3. The highest BCUT2D eigenvalue weighted by atomic mass is 127. The molecule has 1 heterocycles. The van der Waals surface area contributed by atoms with Crippen LogP contribution in [0.25, 0.3) is 0 Å². The third kappa shape index (κ3) is 4.20. The van der Waals surface area contributed by atoms with Gasteiger partial charge in [-0.1, -0.05) is 17.8 Å². The van der Waals surface area contributed by atoms with Gasteiger partial charge in [0.05, 0.1) is 5.75 Å². The minimum absolute atomic E-state index is 0.0438. The number of carbonyl (C=O) groups excluding carboxylic acids is 1. The van der Waals surface area contributed by atoms with E-state index in [1.54, 1.807) is 6.33 Å². The van der Waals surface area contributed by atoms with Gasteiger partial charge in [-0.3, -0.25) is 4.79 Å². The topological polar surface area (TPSA) is 59.8 Å². The van der Waals surface area contributed by atoms with Crippen LogP contribution in [0, 0.1) is 3.57 Å². The van der Waals surface area contributed by atoms with E-state index >= 15 is 0 Å². The molecule has 0 spiro atoms. The number of nitrogens with zero attached hydrogens (tertiary/aromatic N) is 3. The standard InChI is InChI=1S/C12H13IN4OS/c1-2-17-8-14-16-12(17)19-7-11(18)15-10-5-3-4-9(13)6-10/h3-6,8H,2,7H2,1H3,(H,15,18). The summed E-state index contributed by atoms with van der Waals surface area (Å²) in [4.78, 5) is 11.8. The second kappa shape index (κ2) is 6.90. The number of rotatable bonds is 5. The van der Waals surface area contributed by atoms with Gasteiger partial charge in [0.25, 0.3) is 0 Å². The van der Waals surface area contributed by atoms with Crippen molar-refractivity contribution in [2.75, 3.05) is 11.1 Å². The highest BCUT2D eigenvalue weighted by Gasteiger charge is 2.08. The first-order chi connectivity index (χ1) is 9.19. The third-order valence-corrected chi connectivity index (χ3v) is 4.01. The molecule has 0 atom stereocenters. The van der Waals surface area contributed by atoms with Crippen LogP contribution in [0.3, 0.4) is 0 Å². The summed E-state index contributed by atoms with van der Waals surface area (Å²) in [6, 6.07) is 7.70. The van der Waals surface area contributed by atoms with E-state index in [9.17, 15) is 4.79 Å². The number of anilines is 1. The van der Waals surface area contributed by atoms with Gasteiger partial charge in [-0.15, -0.1) is 10.2 Å². The molecule has 0 aliphatic rings. The maximum atomic E-state index is 11.8. The number of benzene rings is 1. The fourth-order valence-electron chi connectivity index (χ4n) is 1.47. The van der Waals surface area contributed by atoms with Gasteiger partial charge in [-0.2, -0.15) is 0 Å². The van der Waals surface area contributed by atoms with Crippen LogP contribution in [0.2, 0.25) is 0 Å². The van der Waals surface area contributed by atoms with Gasteiger partial charge in [-0.25, -0.2) is 0 Å². The van der Waals surface area contributed by atoms with E-state index in [4.69, 9.17) is 0 Å². The predicted octanol–water partition coefficient (Wildman–Crippen LogP) is 2.63. The summed E-state index contributed by atoms with van der Waals surface area (Å²) >= 11 is 3.60. The summed E-state index contributed by atoms with van der Waals surface area (Å²) in [6.07, 6.45) is 1.67. The van der Waals surface area contributed by atoms with E-state index in [1.807, 2.05) is 35.8 Å². The zero-order chi connectivity index (χ0) is 13.7. The quantitative estimate of drug-likeness (QED) is 0.632. The van der Waals surface area contributed by atoms with Crippen LogP contribution in [0.1, 0.15) is 6.92 Å². The Balaban J connectivity index is 1.88. The van der Waals surface area contributed by atoms with Gasteiger partial charge in [-0.05, 0) is 47.7 Å². The average Bonchev–Trinajstić information content (AvgIpc) is 2.83. The molecule has 7 heteroatoms. The van der Waals surface area contributed by atoms with Crippen molar-refractivity contribution in [2.24, 2.45) is 0 Å². The first-order valence-corrected chi connectivity index (χ1v) is 7.81. The van der Waals surface area contributed by atoms with E-state index in [0.29, 0.717) is 5.75 Å². The molecule has 1 N–H and O–H groups in total. The van der Waals surface area contributed by atoms with Gasteiger partial charge in [0.2, 0.25) is 5.91 Å². The Hall–Kier alpha value is -1.09. The molecule has 1 aromatic carbocycles. The lowest BCUT2D eigenvalue weighted by Gasteiger charge is -2.05. The van der Waals surface area contributed by atoms with Gasteiger partial charge >= 0.3 is 0 Å². The Kier molecular flexibility index (Phi) is 5.20. The Labute approximate surface area is 129 Å². The van der Waals surface area contributed by atoms with Crippen molar-refractivity contribution < 1.29 is 4.79 Å². The zero-order valence-electron chi connectivity index (χ0n) is 10.3. The van der Waals surface area contributed by atoms with E-state index in [1.165, 1.54) is 11.8 Å². The largest absolute Gasteiger partial charge is 0.325 e. The van der Waals surface area contributed by atoms with Crippen LogP contribution in [0.15, 0.2) is 35.7 Å². The van der Waals surface area contributed by atoms with E-state index in [-0.39, 0.29) is 5.91 Å². The van der Waals surface area contributed by atoms with Crippen LogP contribution in [-0.2, 0) is 11.3 Å². The molecule has 0 bridgehead atoms. The molecule has 19 heavy (non-hydrogen) atoms. The molecule has 0 fully saturated rings. The van der Waals surface area contributed by atoms with Crippen LogP contribution in [0.4, 0.5) is 5.69 Å². The van der Waals surface area contributed by atoms with Crippen molar-refractivity contribution in [1.82, 2.24) is 14.8 Å². The Bertz CT molecular complexity index is 572. The van der Waals surface area contributed by atoms with Gasteiger partial charge in [0.1, 0.15) is 6.33 Å². The Morgan fingerprint density at radius 1 is 1.53 bits per heavy atom. The highest BCUT2D eigenvalue weighted by molar-refractivity contribution is 14.1.